The predicted octanol–water partition coefficient (Wildman–Crippen LogP) is 2.25. The molecule has 0 amide bonds. The van der Waals surface area contributed by atoms with Gasteiger partial charge in [0.25, 0.3) is 0 Å². The van der Waals surface area contributed by atoms with Crippen LogP contribution in [-0.2, 0) is 0 Å². The predicted molar refractivity (Wildman–Crippen MR) is 40.5 cm³/mol. The Morgan fingerprint density at radius 1 is 1.88 bits per heavy atom. The Morgan fingerprint density at radius 2 is 2.38 bits per heavy atom. The van der Waals surface area contributed by atoms with Crippen molar-refractivity contribution >= 4 is 23.4 Å². The molecule has 3 heteroatoms. The second kappa shape index (κ2) is 3.87. The third-order valence-corrected chi connectivity index (χ3v) is 1.44. The van der Waals surface area contributed by atoms with Gasteiger partial charge in [0.2, 0.25) is 0 Å². The van der Waals surface area contributed by atoms with E-state index in [0.29, 0.717) is 4.36 Å². The molecule has 0 aliphatic carbocycles. The molecule has 0 saturated heterocycles. The summed E-state index contributed by atoms with van der Waals surface area (Å²) in [7, 11) is 0. The first-order valence-corrected chi connectivity index (χ1v) is 3.27. The van der Waals surface area contributed by atoms with E-state index in [0.717, 1.165) is 4.91 Å². The van der Waals surface area contributed by atoms with Crippen molar-refractivity contribution in [3.05, 3.63) is 22.0 Å². The SMILES string of the molecule is C=C(C)S/C(Cl)=C\N. The number of halogens is 1. The quantitative estimate of drug-likeness (QED) is 0.652. The van der Waals surface area contributed by atoms with Crippen molar-refractivity contribution in [1.29, 1.82) is 0 Å². The molecule has 0 radical (unpaired) electrons. The van der Waals surface area contributed by atoms with Crippen LogP contribution in [0.25, 0.3) is 0 Å². The molecule has 0 atom stereocenters. The van der Waals surface area contributed by atoms with E-state index in [2.05, 4.69) is 6.58 Å². The molecule has 0 bridgehead atoms. The molecule has 0 aromatic heterocycles. The second-order valence-corrected chi connectivity index (χ2v) is 3.25. The Hall–Kier alpha value is -0.0800. The van der Waals surface area contributed by atoms with E-state index in [1.807, 2.05) is 6.92 Å². The van der Waals surface area contributed by atoms with Gasteiger partial charge < -0.3 is 5.73 Å². The zero-order valence-corrected chi connectivity index (χ0v) is 6.22. The molecule has 0 fully saturated rings. The molecule has 0 unspecified atom stereocenters. The molecule has 0 aliphatic rings. The lowest BCUT2D eigenvalue weighted by Gasteiger charge is -1.92. The van der Waals surface area contributed by atoms with E-state index in [9.17, 15) is 0 Å². The Morgan fingerprint density at radius 3 is 2.50 bits per heavy atom. The highest BCUT2D eigenvalue weighted by atomic mass is 35.5. The van der Waals surface area contributed by atoms with Crippen molar-refractivity contribution in [2.75, 3.05) is 0 Å². The lowest BCUT2D eigenvalue weighted by molar-refractivity contribution is 1.61. The van der Waals surface area contributed by atoms with Gasteiger partial charge in [0.05, 0.1) is 4.36 Å². The fraction of sp³-hybridized carbons (Fsp3) is 0.200. The summed E-state index contributed by atoms with van der Waals surface area (Å²) in [5.74, 6) is 0. The van der Waals surface area contributed by atoms with Gasteiger partial charge >= 0.3 is 0 Å². The van der Waals surface area contributed by atoms with Gasteiger partial charge in [-0.1, -0.05) is 29.9 Å². The average molecular weight is 150 g/mol. The third-order valence-electron chi connectivity index (χ3n) is 0.403. The van der Waals surface area contributed by atoms with Crippen molar-refractivity contribution < 1.29 is 0 Å². The Labute approximate surface area is 58.6 Å². The molecule has 0 aromatic rings. The van der Waals surface area contributed by atoms with E-state index in [4.69, 9.17) is 17.3 Å². The largest absolute Gasteiger partial charge is 0.403 e. The van der Waals surface area contributed by atoms with Gasteiger partial charge in [-0.15, -0.1) is 0 Å². The standard InChI is InChI=1S/C5H8ClNS/c1-4(2)8-5(6)3-7/h3H,1,7H2,2H3/b5-3-. The minimum absolute atomic E-state index is 0.567. The lowest BCUT2D eigenvalue weighted by Crippen LogP contribution is -1.76. The molecule has 0 spiro atoms. The molecule has 8 heavy (non-hydrogen) atoms. The van der Waals surface area contributed by atoms with Crippen LogP contribution in [0.4, 0.5) is 0 Å². The van der Waals surface area contributed by atoms with E-state index in [1.165, 1.54) is 18.0 Å². The molecule has 0 aliphatic heterocycles. The maximum Gasteiger partial charge on any atom is 0.0933 e. The zero-order valence-electron chi connectivity index (χ0n) is 4.65. The van der Waals surface area contributed by atoms with Crippen LogP contribution in [0.15, 0.2) is 22.0 Å². The van der Waals surface area contributed by atoms with E-state index in [-0.39, 0.29) is 0 Å². The monoisotopic (exact) mass is 149 g/mol. The van der Waals surface area contributed by atoms with Gasteiger partial charge in [-0.25, -0.2) is 0 Å². The number of thioether (sulfide) groups is 1. The van der Waals surface area contributed by atoms with Crippen molar-refractivity contribution in [2.24, 2.45) is 5.73 Å². The van der Waals surface area contributed by atoms with Gasteiger partial charge in [0.1, 0.15) is 0 Å². The fourth-order valence-corrected chi connectivity index (χ4v) is 0.997. The molecule has 0 rings (SSSR count). The highest BCUT2D eigenvalue weighted by Crippen LogP contribution is 2.24. The summed E-state index contributed by atoms with van der Waals surface area (Å²) in [6, 6.07) is 0. The highest BCUT2D eigenvalue weighted by Gasteiger charge is 1.89. The molecule has 0 aromatic carbocycles. The number of hydrogen-bond donors (Lipinski definition) is 1. The number of nitrogens with two attached hydrogens (primary N) is 1. The molecule has 0 heterocycles. The first-order chi connectivity index (χ1) is 3.66. The summed E-state index contributed by atoms with van der Waals surface area (Å²) in [6.07, 6.45) is 1.35. The van der Waals surface area contributed by atoms with Gasteiger partial charge in [0.15, 0.2) is 0 Å². The number of hydrogen-bond acceptors (Lipinski definition) is 2. The van der Waals surface area contributed by atoms with Crippen molar-refractivity contribution in [3.63, 3.8) is 0 Å². The summed E-state index contributed by atoms with van der Waals surface area (Å²) in [5.41, 5.74) is 5.06. The number of allylic oxidation sites excluding steroid dienone is 1. The molecular weight excluding hydrogens is 142 g/mol. The first kappa shape index (κ1) is 7.92. The maximum absolute atomic E-state index is 5.50. The van der Waals surface area contributed by atoms with Crippen molar-refractivity contribution in [2.45, 2.75) is 6.92 Å². The Balaban J connectivity index is 3.56. The first-order valence-electron chi connectivity index (χ1n) is 2.07. The molecule has 0 saturated carbocycles. The molecule has 1 nitrogen and oxygen atoms in total. The minimum Gasteiger partial charge on any atom is -0.403 e. The van der Waals surface area contributed by atoms with Crippen LogP contribution in [0.1, 0.15) is 6.92 Å². The topological polar surface area (TPSA) is 26.0 Å². The summed E-state index contributed by atoms with van der Waals surface area (Å²) >= 11 is 6.86. The van der Waals surface area contributed by atoms with Crippen LogP contribution in [0.2, 0.25) is 0 Å². The van der Waals surface area contributed by atoms with Crippen LogP contribution >= 0.6 is 23.4 Å². The molecular formula is C5H8ClNS. The minimum atomic E-state index is 0.567. The second-order valence-electron chi connectivity index (χ2n) is 1.27. The highest BCUT2D eigenvalue weighted by molar-refractivity contribution is 8.08. The Kier molecular flexibility index (Phi) is 3.83. The molecule has 46 valence electrons. The van der Waals surface area contributed by atoms with Crippen LogP contribution in [0.3, 0.4) is 0 Å². The van der Waals surface area contributed by atoms with Crippen molar-refractivity contribution in [3.8, 4) is 0 Å². The van der Waals surface area contributed by atoms with Gasteiger partial charge in [-0.3, -0.25) is 0 Å². The normalized spacial score (nSPS) is 11.5. The van der Waals surface area contributed by atoms with Crippen LogP contribution in [-0.4, -0.2) is 0 Å². The average Bonchev–Trinajstić information content (AvgIpc) is 1.65. The summed E-state index contributed by atoms with van der Waals surface area (Å²) in [4.78, 5) is 0.941. The third kappa shape index (κ3) is 4.09. The maximum atomic E-state index is 5.50. The molecule has 2 N–H and O–H groups in total. The van der Waals surface area contributed by atoms with E-state index in [1.54, 1.807) is 0 Å². The van der Waals surface area contributed by atoms with Crippen LogP contribution in [0, 0.1) is 0 Å². The smallest absolute Gasteiger partial charge is 0.0933 e. The zero-order chi connectivity index (χ0) is 6.57. The summed E-state index contributed by atoms with van der Waals surface area (Å²) in [5, 5.41) is 0. The van der Waals surface area contributed by atoms with Crippen LogP contribution in [0.5, 0.6) is 0 Å². The lowest BCUT2D eigenvalue weighted by atomic mass is 10.8. The van der Waals surface area contributed by atoms with E-state index < -0.39 is 0 Å². The van der Waals surface area contributed by atoms with E-state index >= 15 is 0 Å². The summed E-state index contributed by atoms with van der Waals surface area (Å²) in [6.45, 7) is 5.50. The number of rotatable bonds is 2. The van der Waals surface area contributed by atoms with Gasteiger partial charge in [-0.2, -0.15) is 0 Å². The summed E-state index contributed by atoms with van der Waals surface area (Å²) < 4.78 is 0.567. The van der Waals surface area contributed by atoms with Crippen LogP contribution < -0.4 is 5.73 Å². The van der Waals surface area contributed by atoms with Crippen molar-refractivity contribution in [1.82, 2.24) is 0 Å². The fourth-order valence-electron chi connectivity index (χ4n) is 0.200. The van der Waals surface area contributed by atoms with Gasteiger partial charge in [0, 0.05) is 6.20 Å². The Bertz CT molecular complexity index is 120. The van der Waals surface area contributed by atoms with Gasteiger partial charge in [-0.05, 0) is 11.8 Å².